The first-order valence-electron chi connectivity index (χ1n) is 2.66. The third kappa shape index (κ3) is 2.72. The normalized spacial score (nSPS) is 14.7. The maximum absolute atomic E-state index is 5.69. The van der Waals surface area contributed by atoms with Crippen LogP contribution in [-0.2, 0) is 25.8 Å². The van der Waals surface area contributed by atoms with E-state index in [1.165, 1.54) is 5.57 Å². The molecule has 9 heavy (non-hydrogen) atoms. The number of hydrogen-bond acceptors (Lipinski definition) is 0. The van der Waals surface area contributed by atoms with Crippen molar-refractivity contribution >= 4 is 11.6 Å². The van der Waals surface area contributed by atoms with Crippen LogP contribution in [0.5, 0.6) is 0 Å². The molecule has 0 aromatic rings. The van der Waals surface area contributed by atoms with Gasteiger partial charge in [0.15, 0.2) is 0 Å². The second-order valence-electron chi connectivity index (χ2n) is 1.86. The molecule has 1 radical (unpaired) electrons. The number of hydrogen-bond donors (Lipinski definition) is 0. The van der Waals surface area contributed by atoms with Gasteiger partial charge in [0.1, 0.15) is 0 Å². The van der Waals surface area contributed by atoms with Crippen LogP contribution in [0.15, 0.2) is 23.8 Å². The van der Waals surface area contributed by atoms with Crippen LogP contribution in [0.4, 0.5) is 0 Å². The summed E-state index contributed by atoms with van der Waals surface area (Å²) in [7, 11) is 0. The van der Waals surface area contributed by atoms with Gasteiger partial charge < -0.3 is 0 Å². The van der Waals surface area contributed by atoms with E-state index < -0.39 is 0 Å². The Morgan fingerprint density at radius 2 is 2.33 bits per heavy atom. The zero-order valence-corrected chi connectivity index (χ0v) is 7.95. The average molecular weight is 173 g/mol. The van der Waals surface area contributed by atoms with Gasteiger partial charge in [-0.05, 0) is 6.42 Å². The molecule has 0 bridgehead atoms. The summed E-state index contributed by atoms with van der Waals surface area (Å²) in [5, 5.41) is 0.912. The van der Waals surface area contributed by atoms with Crippen molar-refractivity contribution in [2.45, 2.75) is 13.3 Å². The quantitative estimate of drug-likeness (QED) is 0.534. The number of rotatable bonds is 1. The maximum Gasteiger partial charge on any atom is 0 e. The summed E-state index contributed by atoms with van der Waals surface area (Å²) in [6, 6.07) is 0. The van der Waals surface area contributed by atoms with E-state index in [-0.39, 0.29) is 25.8 Å². The summed E-state index contributed by atoms with van der Waals surface area (Å²) in [5.41, 5.74) is 1.24. The van der Waals surface area contributed by atoms with Gasteiger partial charge in [-0.25, -0.2) is 17.7 Å². The van der Waals surface area contributed by atoms with Gasteiger partial charge in [0, 0.05) is 25.8 Å². The molecule has 0 amide bonds. The van der Waals surface area contributed by atoms with Gasteiger partial charge in [-0.3, -0.25) is 0 Å². The van der Waals surface area contributed by atoms with Gasteiger partial charge >= 0.3 is 0 Å². The van der Waals surface area contributed by atoms with Crippen molar-refractivity contribution in [2.24, 2.45) is 0 Å². The fourth-order valence-corrected chi connectivity index (χ4v) is 0.843. The van der Waals surface area contributed by atoms with Crippen molar-refractivity contribution in [1.82, 2.24) is 0 Å². The van der Waals surface area contributed by atoms with E-state index >= 15 is 0 Å². The van der Waals surface area contributed by atoms with Crippen molar-refractivity contribution in [2.75, 3.05) is 0 Å². The number of allylic oxidation sites excluding steroid dienone is 4. The Kier molecular flexibility index (Phi) is 4.59. The molecular formula is C7H8ClSc-. The molecule has 0 nitrogen and oxygen atoms in total. The minimum absolute atomic E-state index is 0. The third-order valence-corrected chi connectivity index (χ3v) is 1.46. The molecular weight excluding hydrogens is 164 g/mol. The van der Waals surface area contributed by atoms with Gasteiger partial charge in [0.05, 0.1) is 0 Å². The Morgan fingerprint density at radius 3 is 2.56 bits per heavy atom. The Balaban J connectivity index is 0.000000640. The van der Waals surface area contributed by atoms with E-state index in [1.54, 1.807) is 0 Å². The zero-order valence-electron chi connectivity index (χ0n) is 5.39. The molecule has 0 aromatic carbocycles. The van der Waals surface area contributed by atoms with Crippen LogP contribution >= 0.6 is 11.6 Å². The van der Waals surface area contributed by atoms with Crippen LogP contribution in [0.2, 0.25) is 0 Å². The summed E-state index contributed by atoms with van der Waals surface area (Å²) < 4.78 is 0. The molecule has 47 valence electrons. The van der Waals surface area contributed by atoms with Crippen LogP contribution in [-0.4, -0.2) is 0 Å². The van der Waals surface area contributed by atoms with E-state index in [0.29, 0.717) is 0 Å². The Morgan fingerprint density at radius 1 is 1.67 bits per heavy atom. The Bertz CT molecular complexity index is 136. The van der Waals surface area contributed by atoms with E-state index in [4.69, 9.17) is 11.6 Å². The van der Waals surface area contributed by atoms with Crippen LogP contribution in [0.3, 0.4) is 0 Å². The predicted octanol–water partition coefficient (Wildman–Crippen LogP) is 2.66. The third-order valence-electron chi connectivity index (χ3n) is 1.21. The molecule has 0 N–H and O–H groups in total. The summed E-state index contributed by atoms with van der Waals surface area (Å²) in [5.74, 6) is 0. The molecule has 1 aliphatic carbocycles. The smallest absolute Gasteiger partial charge is 0 e. The van der Waals surface area contributed by atoms with Crippen LogP contribution < -0.4 is 0 Å². The van der Waals surface area contributed by atoms with Gasteiger partial charge in [-0.15, -0.1) is 17.5 Å². The first kappa shape index (κ1) is 9.51. The first-order valence-corrected chi connectivity index (χ1v) is 3.03. The standard InChI is InChI=1S/C7H8Cl.Sc/c1-6(8)7-4-2-3-5-7;/h2-4H,5H2,1H3;/q-1;. The summed E-state index contributed by atoms with van der Waals surface area (Å²) in [6.45, 7) is 1.92. The molecule has 0 atom stereocenters. The van der Waals surface area contributed by atoms with E-state index in [1.807, 2.05) is 19.1 Å². The second kappa shape index (κ2) is 4.35. The van der Waals surface area contributed by atoms with Crippen LogP contribution in [0, 0.1) is 5.38 Å². The summed E-state index contributed by atoms with van der Waals surface area (Å²) >= 11 is 5.69. The minimum Gasteiger partial charge on any atom is -0.210 e. The number of halogens is 1. The molecule has 1 rings (SSSR count). The molecule has 0 saturated heterocycles. The van der Waals surface area contributed by atoms with Crippen molar-refractivity contribution < 1.29 is 25.8 Å². The molecule has 2 heteroatoms. The monoisotopic (exact) mass is 172 g/mol. The topological polar surface area (TPSA) is 0 Å². The van der Waals surface area contributed by atoms with E-state index in [0.717, 1.165) is 11.8 Å². The molecule has 0 unspecified atom stereocenters. The Labute approximate surface area is 79.8 Å². The molecule has 0 aromatic heterocycles. The molecule has 1 aliphatic rings. The fraction of sp³-hybridized carbons (Fsp3) is 0.286. The Hall–Kier alpha value is 0.510. The predicted molar refractivity (Wildman–Crippen MR) is 36.6 cm³/mol. The van der Waals surface area contributed by atoms with Crippen LogP contribution in [0.1, 0.15) is 13.3 Å². The second-order valence-corrected chi connectivity index (χ2v) is 2.42. The maximum atomic E-state index is 5.69. The van der Waals surface area contributed by atoms with Gasteiger partial charge in [0.2, 0.25) is 0 Å². The average Bonchev–Trinajstić information content (AvgIpc) is 2.12. The summed E-state index contributed by atoms with van der Waals surface area (Å²) in [6.07, 6.45) is 7.18. The molecule has 0 aliphatic heterocycles. The SMILES string of the molecule is C[C-](Cl)C1=CC=CC1.[Sc]. The molecule has 0 spiro atoms. The van der Waals surface area contributed by atoms with Crippen molar-refractivity contribution in [3.05, 3.63) is 29.2 Å². The minimum atomic E-state index is 0. The molecule has 0 saturated carbocycles. The van der Waals surface area contributed by atoms with Crippen molar-refractivity contribution in [3.63, 3.8) is 0 Å². The van der Waals surface area contributed by atoms with E-state index in [2.05, 4.69) is 6.08 Å². The molecule has 0 heterocycles. The van der Waals surface area contributed by atoms with Crippen molar-refractivity contribution in [1.29, 1.82) is 0 Å². The largest absolute Gasteiger partial charge is 0.210 e. The first-order chi connectivity index (χ1) is 3.80. The van der Waals surface area contributed by atoms with Gasteiger partial charge in [-0.2, -0.15) is 5.57 Å². The summed E-state index contributed by atoms with van der Waals surface area (Å²) in [4.78, 5) is 0. The fourth-order valence-electron chi connectivity index (χ4n) is 0.703. The molecule has 0 fully saturated rings. The van der Waals surface area contributed by atoms with Gasteiger partial charge in [-0.1, -0.05) is 6.92 Å². The van der Waals surface area contributed by atoms with Gasteiger partial charge in [0.25, 0.3) is 0 Å². The van der Waals surface area contributed by atoms with Crippen molar-refractivity contribution in [3.8, 4) is 0 Å². The zero-order chi connectivity index (χ0) is 5.98. The van der Waals surface area contributed by atoms with Crippen LogP contribution in [0.25, 0.3) is 0 Å². The van der Waals surface area contributed by atoms with E-state index in [9.17, 15) is 0 Å².